The zero-order valence-electron chi connectivity index (χ0n) is 12.7. The summed E-state index contributed by atoms with van der Waals surface area (Å²) in [6, 6.07) is 28.6. The van der Waals surface area contributed by atoms with Gasteiger partial charge in [-0.2, -0.15) is 0 Å². The molecule has 0 aliphatic carbocycles. The van der Waals surface area contributed by atoms with Crippen molar-refractivity contribution in [3.63, 3.8) is 0 Å². The predicted octanol–water partition coefficient (Wildman–Crippen LogP) is 5.29. The standard InChI is InChI=1S/C21H19N/c1-15-12-13-19-18(14-15)20(16-8-4-2-5-9-16)21(22-19)17-10-6-3-7-11-17/h2-14,20-22H,1H3/t20-,21-/m0/s1. The van der Waals surface area contributed by atoms with Crippen LogP contribution in [-0.2, 0) is 0 Å². The van der Waals surface area contributed by atoms with E-state index in [2.05, 4.69) is 91.1 Å². The first kappa shape index (κ1) is 13.1. The Hall–Kier alpha value is -2.54. The van der Waals surface area contributed by atoms with Crippen molar-refractivity contribution in [1.82, 2.24) is 0 Å². The first-order valence-electron chi connectivity index (χ1n) is 7.80. The molecule has 3 aromatic rings. The van der Waals surface area contributed by atoms with Crippen LogP contribution < -0.4 is 5.32 Å². The van der Waals surface area contributed by atoms with Gasteiger partial charge in [0.1, 0.15) is 0 Å². The summed E-state index contributed by atoms with van der Waals surface area (Å²) < 4.78 is 0. The van der Waals surface area contributed by atoms with E-state index in [1.807, 2.05) is 0 Å². The summed E-state index contributed by atoms with van der Waals surface area (Å²) in [4.78, 5) is 0. The van der Waals surface area contributed by atoms with E-state index in [9.17, 15) is 0 Å². The molecule has 0 spiro atoms. The average molecular weight is 285 g/mol. The number of hydrogen-bond acceptors (Lipinski definition) is 1. The second-order valence-electron chi connectivity index (χ2n) is 6.01. The molecule has 0 radical (unpaired) electrons. The number of anilines is 1. The van der Waals surface area contributed by atoms with Crippen molar-refractivity contribution in [3.8, 4) is 0 Å². The molecule has 1 aliphatic heterocycles. The largest absolute Gasteiger partial charge is 0.377 e. The first-order chi connectivity index (χ1) is 10.8. The van der Waals surface area contributed by atoms with Crippen molar-refractivity contribution in [3.05, 3.63) is 101 Å². The molecule has 0 saturated heterocycles. The number of benzene rings is 3. The summed E-state index contributed by atoms with van der Waals surface area (Å²) in [7, 11) is 0. The minimum Gasteiger partial charge on any atom is -0.377 e. The van der Waals surface area contributed by atoms with Crippen LogP contribution >= 0.6 is 0 Å². The molecule has 0 unspecified atom stereocenters. The molecule has 4 rings (SSSR count). The SMILES string of the molecule is Cc1ccc2c(c1)[C@H](c1ccccc1)[C@H](c1ccccc1)N2. The van der Waals surface area contributed by atoms with Crippen LogP contribution in [0.5, 0.6) is 0 Å². The Kier molecular flexibility index (Phi) is 3.19. The predicted molar refractivity (Wildman–Crippen MR) is 92.3 cm³/mol. The molecule has 1 N–H and O–H groups in total. The van der Waals surface area contributed by atoms with Gasteiger partial charge in [-0.25, -0.2) is 0 Å². The molecule has 0 fully saturated rings. The Morgan fingerprint density at radius 3 is 2.05 bits per heavy atom. The Morgan fingerprint density at radius 1 is 0.727 bits per heavy atom. The summed E-state index contributed by atoms with van der Waals surface area (Å²) in [5.41, 5.74) is 6.68. The van der Waals surface area contributed by atoms with E-state index in [1.54, 1.807) is 0 Å². The van der Waals surface area contributed by atoms with Gasteiger partial charge in [0.25, 0.3) is 0 Å². The average Bonchev–Trinajstić information content (AvgIpc) is 2.95. The number of nitrogens with one attached hydrogen (secondary N) is 1. The van der Waals surface area contributed by atoms with Gasteiger partial charge in [0.2, 0.25) is 0 Å². The van der Waals surface area contributed by atoms with Crippen LogP contribution in [0.4, 0.5) is 5.69 Å². The summed E-state index contributed by atoms with van der Waals surface area (Å²) >= 11 is 0. The van der Waals surface area contributed by atoms with Gasteiger partial charge in [0.15, 0.2) is 0 Å². The Morgan fingerprint density at radius 2 is 1.36 bits per heavy atom. The molecule has 0 saturated carbocycles. The molecular formula is C21H19N. The van der Waals surface area contributed by atoms with Gasteiger partial charge in [-0.15, -0.1) is 0 Å². The number of hydrogen-bond donors (Lipinski definition) is 1. The third-order valence-corrected chi connectivity index (χ3v) is 4.50. The van der Waals surface area contributed by atoms with E-state index in [1.165, 1.54) is 27.9 Å². The highest BCUT2D eigenvalue weighted by Gasteiger charge is 2.34. The fourth-order valence-corrected chi connectivity index (χ4v) is 3.47. The third kappa shape index (κ3) is 2.19. The van der Waals surface area contributed by atoms with Gasteiger partial charge >= 0.3 is 0 Å². The Labute approximate surface area is 131 Å². The number of fused-ring (bicyclic) bond motifs is 1. The van der Waals surface area contributed by atoms with E-state index >= 15 is 0 Å². The molecule has 1 heterocycles. The van der Waals surface area contributed by atoms with Crippen LogP contribution in [0, 0.1) is 6.92 Å². The topological polar surface area (TPSA) is 12.0 Å². The maximum absolute atomic E-state index is 3.73. The Bertz CT molecular complexity index is 778. The minimum absolute atomic E-state index is 0.292. The summed E-state index contributed by atoms with van der Waals surface area (Å²) in [6.07, 6.45) is 0. The zero-order chi connectivity index (χ0) is 14.9. The van der Waals surface area contributed by atoms with Crippen molar-refractivity contribution in [2.24, 2.45) is 0 Å². The van der Waals surface area contributed by atoms with Crippen LogP contribution in [0.2, 0.25) is 0 Å². The molecule has 0 bridgehead atoms. The van der Waals surface area contributed by atoms with Crippen LogP contribution in [0.25, 0.3) is 0 Å². The van der Waals surface area contributed by atoms with E-state index in [-0.39, 0.29) is 0 Å². The van der Waals surface area contributed by atoms with Gasteiger partial charge in [-0.3, -0.25) is 0 Å². The van der Waals surface area contributed by atoms with Crippen LogP contribution in [0.1, 0.15) is 34.2 Å². The monoisotopic (exact) mass is 285 g/mol. The lowest BCUT2D eigenvalue weighted by Crippen LogP contribution is -2.12. The summed E-state index contributed by atoms with van der Waals surface area (Å²) in [6.45, 7) is 2.16. The highest BCUT2D eigenvalue weighted by molar-refractivity contribution is 5.64. The van der Waals surface area contributed by atoms with Gasteiger partial charge < -0.3 is 5.32 Å². The summed E-state index contributed by atoms with van der Waals surface area (Å²) in [5.74, 6) is 0.360. The molecular weight excluding hydrogens is 266 g/mol. The molecule has 1 heteroatoms. The zero-order valence-corrected chi connectivity index (χ0v) is 12.7. The van der Waals surface area contributed by atoms with E-state index in [4.69, 9.17) is 0 Å². The van der Waals surface area contributed by atoms with Crippen LogP contribution in [-0.4, -0.2) is 0 Å². The van der Waals surface area contributed by atoms with Gasteiger partial charge in [-0.1, -0.05) is 78.4 Å². The molecule has 22 heavy (non-hydrogen) atoms. The van der Waals surface area contributed by atoms with Crippen molar-refractivity contribution in [2.75, 3.05) is 5.32 Å². The number of rotatable bonds is 2. The lowest BCUT2D eigenvalue weighted by atomic mass is 9.84. The maximum atomic E-state index is 3.73. The Balaban J connectivity index is 1.86. The van der Waals surface area contributed by atoms with Gasteiger partial charge in [0, 0.05) is 11.6 Å². The molecule has 2 atom stereocenters. The quantitative estimate of drug-likeness (QED) is 0.674. The smallest absolute Gasteiger partial charge is 0.0623 e. The van der Waals surface area contributed by atoms with Crippen molar-refractivity contribution in [2.45, 2.75) is 18.9 Å². The highest BCUT2D eigenvalue weighted by atomic mass is 15.0. The highest BCUT2D eigenvalue weighted by Crippen LogP contribution is 2.47. The number of aryl methyl sites for hydroxylation is 1. The second kappa shape index (κ2) is 5.34. The minimum atomic E-state index is 0.292. The molecule has 1 nitrogen and oxygen atoms in total. The molecule has 0 amide bonds. The molecule has 108 valence electrons. The fraction of sp³-hybridized carbons (Fsp3) is 0.143. The van der Waals surface area contributed by atoms with Gasteiger partial charge in [-0.05, 0) is 29.7 Å². The van der Waals surface area contributed by atoms with Gasteiger partial charge in [0.05, 0.1) is 6.04 Å². The fourth-order valence-electron chi connectivity index (χ4n) is 3.47. The van der Waals surface area contributed by atoms with E-state index in [0.717, 1.165) is 0 Å². The normalized spacial score (nSPS) is 19.5. The lowest BCUT2D eigenvalue weighted by Gasteiger charge is -2.21. The van der Waals surface area contributed by atoms with E-state index in [0.29, 0.717) is 12.0 Å². The third-order valence-electron chi connectivity index (χ3n) is 4.50. The molecule has 3 aromatic carbocycles. The molecule has 0 aromatic heterocycles. The second-order valence-corrected chi connectivity index (χ2v) is 6.01. The van der Waals surface area contributed by atoms with Crippen molar-refractivity contribution in [1.29, 1.82) is 0 Å². The first-order valence-corrected chi connectivity index (χ1v) is 7.80. The maximum Gasteiger partial charge on any atom is 0.0623 e. The molecule has 1 aliphatic rings. The summed E-state index contributed by atoms with van der Waals surface area (Å²) in [5, 5.41) is 3.73. The van der Waals surface area contributed by atoms with Crippen molar-refractivity contribution >= 4 is 5.69 Å². The van der Waals surface area contributed by atoms with Crippen LogP contribution in [0.3, 0.4) is 0 Å². The van der Waals surface area contributed by atoms with E-state index < -0.39 is 0 Å². The lowest BCUT2D eigenvalue weighted by molar-refractivity contribution is 0.713. The van der Waals surface area contributed by atoms with Crippen molar-refractivity contribution < 1.29 is 0 Å². The van der Waals surface area contributed by atoms with Crippen LogP contribution in [0.15, 0.2) is 78.9 Å².